The molecule has 3 heterocycles. The van der Waals surface area contributed by atoms with Gasteiger partial charge in [0.15, 0.2) is 5.96 Å². The molecule has 0 bridgehead atoms. The zero-order valence-corrected chi connectivity index (χ0v) is 18.6. The van der Waals surface area contributed by atoms with E-state index in [0.29, 0.717) is 5.41 Å². The molecule has 1 aliphatic carbocycles. The Labute approximate surface area is 174 Å². The van der Waals surface area contributed by atoms with Crippen molar-refractivity contribution < 1.29 is 0 Å². The second-order valence-electron chi connectivity index (χ2n) is 9.24. The number of nitrogens with one attached hydrogen (secondary N) is 1. The molecule has 4 rings (SSSR count). The number of hydrogen-bond donors (Lipinski definition) is 1. The lowest BCUT2D eigenvalue weighted by molar-refractivity contribution is 0.175. The molecule has 156 valence electrons. The minimum Gasteiger partial charge on any atom is -0.356 e. The molecule has 28 heavy (non-hydrogen) atoms. The molecule has 1 saturated carbocycles. The smallest absolute Gasteiger partial charge is 0.193 e. The molecule has 1 spiro atoms. The summed E-state index contributed by atoms with van der Waals surface area (Å²) in [5.41, 5.74) is 1.83. The average Bonchev–Trinajstić information content (AvgIpc) is 3.31. The molecule has 1 aromatic rings. The zero-order chi connectivity index (χ0) is 19.4. The highest BCUT2D eigenvalue weighted by Gasteiger charge is 2.39. The van der Waals surface area contributed by atoms with Crippen molar-refractivity contribution in [1.29, 1.82) is 0 Å². The Hall–Kier alpha value is -1.14. The van der Waals surface area contributed by atoms with Crippen LogP contribution in [0.3, 0.4) is 0 Å². The van der Waals surface area contributed by atoms with Gasteiger partial charge in [0, 0.05) is 38.6 Å². The fraction of sp³-hybridized carbons (Fsp3) is 0.818. The molecule has 0 aromatic carbocycles. The molecular weight excluding hydrogens is 366 g/mol. The van der Waals surface area contributed by atoms with Gasteiger partial charge in [0.25, 0.3) is 0 Å². The molecule has 2 aliphatic heterocycles. The average molecular weight is 404 g/mol. The van der Waals surface area contributed by atoms with Gasteiger partial charge >= 0.3 is 0 Å². The summed E-state index contributed by atoms with van der Waals surface area (Å²) in [6.07, 6.45) is 11.1. The van der Waals surface area contributed by atoms with Gasteiger partial charge in [0.05, 0.1) is 10.7 Å². The van der Waals surface area contributed by atoms with Gasteiger partial charge in [-0.2, -0.15) is 0 Å². The van der Waals surface area contributed by atoms with E-state index in [1.54, 1.807) is 11.3 Å². The van der Waals surface area contributed by atoms with Gasteiger partial charge < -0.3 is 10.2 Å². The van der Waals surface area contributed by atoms with Gasteiger partial charge in [-0.15, -0.1) is 11.3 Å². The van der Waals surface area contributed by atoms with Crippen molar-refractivity contribution in [3.63, 3.8) is 0 Å². The van der Waals surface area contributed by atoms with Gasteiger partial charge in [0.2, 0.25) is 0 Å². The lowest BCUT2D eigenvalue weighted by Crippen LogP contribution is -2.45. The number of hydrogen-bond acceptors (Lipinski definition) is 4. The van der Waals surface area contributed by atoms with Crippen molar-refractivity contribution >= 4 is 17.3 Å². The highest BCUT2D eigenvalue weighted by Crippen LogP contribution is 2.43. The summed E-state index contributed by atoms with van der Waals surface area (Å²) >= 11 is 1.76. The van der Waals surface area contributed by atoms with Crippen LogP contribution in [-0.2, 0) is 6.54 Å². The summed E-state index contributed by atoms with van der Waals surface area (Å²) in [4.78, 5) is 14.3. The minimum atomic E-state index is 0.593. The number of aromatic nitrogens is 1. The molecule has 2 saturated heterocycles. The Kier molecular flexibility index (Phi) is 6.56. The number of aryl methyl sites for hydroxylation is 1. The Morgan fingerprint density at radius 2 is 2.00 bits per heavy atom. The minimum absolute atomic E-state index is 0.593. The number of likely N-dealkylation sites (tertiary alicyclic amines) is 2. The van der Waals surface area contributed by atoms with Crippen LogP contribution in [0.2, 0.25) is 0 Å². The molecule has 5 nitrogen and oxygen atoms in total. The van der Waals surface area contributed by atoms with Gasteiger partial charge in [-0.3, -0.25) is 9.89 Å². The van der Waals surface area contributed by atoms with E-state index >= 15 is 0 Å². The first-order valence-corrected chi connectivity index (χ1v) is 12.1. The standard InChI is InChI=1S/C22H37N5S/c1-18-25-20(16-28-18)15-26-11-6-19(7-12-26)14-24-21(23-2)27-13-10-22(17-27)8-4-3-5-9-22/h16,19H,3-15,17H2,1-2H3,(H,23,24). The van der Waals surface area contributed by atoms with Crippen molar-refractivity contribution in [3.8, 4) is 0 Å². The first-order valence-electron chi connectivity index (χ1n) is 11.2. The number of nitrogens with zero attached hydrogens (tertiary/aromatic N) is 4. The van der Waals surface area contributed by atoms with Crippen LogP contribution < -0.4 is 5.32 Å². The second-order valence-corrected chi connectivity index (χ2v) is 10.3. The quantitative estimate of drug-likeness (QED) is 0.612. The van der Waals surface area contributed by atoms with Crippen LogP contribution in [0.5, 0.6) is 0 Å². The molecular formula is C22H37N5S. The fourth-order valence-corrected chi connectivity index (χ4v) is 6.06. The second kappa shape index (κ2) is 9.12. The van der Waals surface area contributed by atoms with E-state index in [4.69, 9.17) is 0 Å². The van der Waals surface area contributed by atoms with Gasteiger partial charge in [-0.1, -0.05) is 19.3 Å². The normalized spacial score (nSPS) is 24.2. The molecule has 0 atom stereocenters. The molecule has 0 amide bonds. The summed E-state index contributed by atoms with van der Waals surface area (Å²) in [5, 5.41) is 7.11. The Balaban J connectivity index is 1.20. The third-order valence-electron chi connectivity index (χ3n) is 7.17. The van der Waals surface area contributed by atoms with Crippen LogP contribution in [0.4, 0.5) is 0 Å². The third kappa shape index (κ3) is 4.88. The SMILES string of the molecule is CN=C(NCC1CCN(Cc2csc(C)n2)CC1)N1CCC2(CCCCC2)C1. The molecule has 3 aliphatic rings. The van der Waals surface area contributed by atoms with E-state index < -0.39 is 0 Å². The Morgan fingerprint density at radius 3 is 2.68 bits per heavy atom. The fourth-order valence-electron chi connectivity index (χ4n) is 5.45. The summed E-state index contributed by atoms with van der Waals surface area (Å²) in [6.45, 7) is 8.96. The van der Waals surface area contributed by atoms with Gasteiger partial charge in [0.1, 0.15) is 0 Å². The molecule has 6 heteroatoms. The van der Waals surface area contributed by atoms with Crippen LogP contribution in [0, 0.1) is 18.3 Å². The van der Waals surface area contributed by atoms with Crippen LogP contribution in [0.25, 0.3) is 0 Å². The van der Waals surface area contributed by atoms with Crippen molar-refractivity contribution in [2.24, 2.45) is 16.3 Å². The maximum atomic E-state index is 4.62. The number of aliphatic imine (C=N–C) groups is 1. The van der Waals surface area contributed by atoms with Crippen molar-refractivity contribution in [1.82, 2.24) is 20.1 Å². The van der Waals surface area contributed by atoms with E-state index in [-0.39, 0.29) is 0 Å². The zero-order valence-electron chi connectivity index (χ0n) is 17.8. The topological polar surface area (TPSA) is 43.8 Å². The molecule has 0 unspecified atom stereocenters. The van der Waals surface area contributed by atoms with E-state index in [0.717, 1.165) is 25.0 Å². The van der Waals surface area contributed by atoms with Crippen LogP contribution >= 0.6 is 11.3 Å². The molecule has 0 radical (unpaired) electrons. The lowest BCUT2D eigenvalue weighted by Gasteiger charge is -2.34. The molecule has 1 N–H and O–H groups in total. The molecule has 3 fully saturated rings. The summed E-state index contributed by atoms with van der Waals surface area (Å²) in [5.74, 6) is 1.90. The first kappa shape index (κ1) is 20.1. The van der Waals surface area contributed by atoms with Crippen molar-refractivity contribution in [2.75, 3.05) is 39.8 Å². The summed E-state index contributed by atoms with van der Waals surface area (Å²) < 4.78 is 0. The Bertz CT molecular complexity index is 656. The monoisotopic (exact) mass is 403 g/mol. The first-order chi connectivity index (χ1) is 13.7. The largest absolute Gasteiger partial charge is 0.356 e. The summed E-state index contributed by atoms with van der Waals surface area (Å²) in [7, 11) is 1.95. The molecule has 1 aromatic heterocycles. The van der Waals surface area contributed by atoms with Crippen LogP contribution in [0.15, 0.2) is 10.4 Å². The predicted octanol–water partition coefficient (Wildman–Crippen LogP) is 3.90. The van der Waals surface area contributed by atoms with Gasteiger partial charge in [-0.25, -0.2) is 4.98 Å². The third-order valence-corrected chi connectivity index (χ3v) is 7.99. The van der Waals surface area contributed by atoms with E-state index in [9.17, 15) is 0 Å². The Morgan fingerprint density at radius 1 is 1.21 bits per heavy atom. The maximum Gasteiger partial charge on any atom is 0.193 e. The number of piperidine rings is 1. The summed E-state index contributed by atoms with van der Waals surface area (Å²) in [6, 6.07) is 0. The van der Waals surface area contributed by atoms with Crippen molar-refractivity contribution in [3.05, 3.63) is 16.1 Å². The van der Waals surface area contributed by atoms with Crippen molar-refractivity contribution in [2.45, 2.75) is 64.8 Å². The highest BCUT2D eigenvalue weighted by molar-refractivity contribution is 7.09. The number of thiazole rings is 1. The highest BCUT2D eigenvalue weighted by atomic mass is 32.1. The number of guanidine groups is 1. The van der Waals surface area contributed by atoms with E-state index in [1.807, 2.05) is 7.05 Å². The van der Waals surface area contributed by atoms with Crippen LogP contribution in [-0.4, -0.2) is 60.5 Å². The predicted molar refractivity (Wildman–Crippen MR) is 118 cm³/mol. The maximum absolute atomic E-state index is 4.62. The van der Waals surface area contributed by atoms with Crippen LogP contribution in [0.1, 0.15) is 62.1 Å². The van der Waals surface area contributed by atoms with Gasteiger partial charge in [-0.05, 0) is 63.5 Å². The van der Waals surface area contributed by atoms with E-state index in [1.165, 1.54) is 88.2 Å². The van der Waals surface area contributed by atoms with E-state index in [2.05, 4.69) is 37.4 Å². The number of rotatable bonds is 4. The lowest BCUT2D eigenvalue weighted by atomic mass is 9.73.